The average Bonchev–Trinajstić information content (AvgIpc) is 2.34. The van der Waals surface area contributed by atoms with Crippen molar-refractivity contribution < 1.29 is 0 Å². The monoisotopic (exact) mass is 331 g/mol. The Balaban J connectivity index is 2.93. The number of hydrogen-bond donors (Lipinski definition) is 0. The minimum Gasteiger partial charge on any atom is -0.369 e. The maximum atomic E-state index is 6.14. The van der Waals surface area contributed by atoms with Crippen LogP contribution >= 0.6 is 27.5 Å². The van der Waals surface area contributed by atoms with Crippen LogP contribution in [0, 0.1) is 0 Å². The molecule has 0 aliphatic heterocycles. The number of benzene rings is 1. The van der Waals surface area contributed by atoms with E-state index in [4.69, 9.17) is 11.6 Å². The van der Waals surface area contributed by atoms with Gasteiger partial charge in [0.1, 0.15) is 0 Å². The lowest BCUT2D eigenvalue weighted by Crippen LogP contribution is -2.32. The van der Waals surface area contributed by atoms with E-state index in [9.17, 15) is 0 Å². The quantitative estimate of drug-likeness (QED) is 0.461. The largest absolute Gasteiger partial charge is 0.369 e. The Morgan fingerprint density at radius 3 is 2.56 bits per heavy atom. The van der Waals surface area contributed by atoms with Gasteiger partial charge in [0.15, 0.2) is 0 Å². The molecule has 1 aromatic carbocycles. The summed E-state index contributed by atoms with van der Waals surface area (Å²) in [5.74, 6) is 0. The third-order valence-corrected chi connectivity index (χ3v) is 3.97. The van der Waals surface area contributed by atoms with Crippen molar-refractivity contribution in [3.63, 3.8) is 0 Å². The summed E-state index contributed by atoms with van der Waals surface area (Å²) in [6.45, 7) is 7.82. The first kappa shape index (κ1) is 15.8. The number of hydrogen-bond acceptors (Lipinski definition) is 1. The minimum atomic E-state index is 0.498. The second-order valence-electron chi connectivity index (χ2n) is 4.90. The molecule has 0 unspecified atom stereocenters. The van der Waals surface area contributed by atoms with Crippen molar-refractivity contribution in [2.45, 2.75) is 51.4 Å². The molecule has 0 bridgehead atoms. The second kappa shape index (κ2) is 8.06. The molecule has 0 saturated carbocycles. The van der Waals surface area contributed by atoms with Gasteiger partial charge in [0, 0.05) is 28.6 Å². The van der Waals surface area contributed by atoms with Crippen molar-refractivity contribution in [2.75, 3.05) is 11.4 Å². The molecular weight excluding hydrogens is 310 g/mol. The van der Waals surface area contributed by atoms with Gasteiger partial charge in [0.05, 0.1) is 0 Å². The fourth-order valence-electron chi connectivity index (χ4n) is 2.11. The third-order valence-electron chi connectivity index (χ3n) is 3.13. The Hall–Kier alpha value is -0.210. The van der Waals surface area contributed by atoms with Crippen molar-refractivity contribution in [2.24, 2.45) is 0 Å². The summed E-state index contributed by atoms with van der Waals surface area (Å²) in [7, 11) is 0. The van der Waals surface area contributed by atoms with Gasteiger partial charge in [-0.1, -0.05) is 53.4 Å². The van der Waals surface area contributed by atoms with Crippen molar-refractivity contribution in [3.05, 3.63) is 28.8 Å². The molecule has 0 aromatic heterocycles. The Kier molecular flexibility index (Phi) is 7.10. The van der Waals surface area contributed by atoms with Crippen LogP contribution in [-0.2, 0) is 5.33 Å². The lowest BCUT2D eigenvalue weighted by atomic mass is 10.1. The molecule has 18 heavy (non-hydrogen) atoms. The van der Waals surface area contributed by atoms with Gasteiger partial charge in [-0.2, -0.15) is 0 Å². The molecule has 0 heterocycles. The maximum absolute atomic E-state index is 6.14. The van der Waals surface area contributed by atoms with Crippen molar-refractivity contribution in [3.8, 4) is 0 Å². The predicted molar refractivity (Wildman–Crippen MR) is 86.1 cm³/mol. The molecule has 1 rings (SSSR count). The molecule has 102 valence electrons. The highest BCUT2D eigenvalue weighted by Crippen LogP contribution is 2.28. The van der Waals surface area contributed by atoms with Crippen LogP contribution < -0.4 is 4.90 Å². The zero-order valence-corrected chi connectivity index (χ0v) is 13.9. The number of anilines is 1. The smallest absolute Gasteiger partial charge is 0.0426 e. The molecule has 0 saturated heterocycles. The van der Waals surface area contributed by atoms with Gasteiger partial charge in [-0.05, 0) is 38.0 Å². The lowest BCUT2D eigenvalue weighted by molar-refractivity contribution is 0.625. The summed E-state index contributed by atoms with van der Waals surface area (Å²) in [5, 5.41) is 1.69. The van der Waals surface area contributed by atoms with E-state index in [-0.39, 0.29) is 0 Å². The van der Waals surface area contributed by atoms with Crippen molar-refractivity contribution in [1.29, 1.82) is 0 Å². The standard InChI is InChI=1S/C15H23BrClN/c1-4-5-6-9-18(12(2)3)15-10-14(17)8-7-13(15)11-16/h7-8,10,12H,4-6,9,11H2,1-3H3. The van der Waals surface area contributed by atoms with Gasteiger partial charge in [-0.3, -0.25) is 0 Å². The first-order chi connectivity index (χ1) is 8.60. The zero-order valence-electron chi connectivity index (χ0n) is 11.5. The normalized spacial score (nSPS) is 11.0. The van der Waals surface area contributed by atoms with Crippen molar-refractivity contribution >= 4 is 33.2 Å². The van der Waals surface area contributed by atoms with Crippen LogP contribution in [0.3, 0.4) is 0 Å². The maximum Gasteiger partial charge on any atom is 0.0426 e. The highest BCUT2D eigenvalue weighted by Gasteiger charge is 2.14. The minimum absolute atomic E-state index is 0.498. The van der Waals surface area contributed by atoms with Gasteiger partial charge in [0.2, 0.25) is 0 Å². The molecule has 0 aliphatic carbocycles. The molecule has 0 N–H and O–H groups in total. The molecule has 3 heteroatoms. The van der Waals surface area contributed by atoms with Gasteiger partial charge < -0.3 is 4.90 Å². The molecule has 0 spiro atoms. The topological polar surface area (TPSA) is 3.24 Å². The Labute approximate surface area is 125 Å². The molecule has 0 radical (unpaired) electrons. The summed E-state index contributed by atoms with van der Waals surface area (Å²) in [5.41, 5.74) is 2.58. The van der Waals surface area contributed by atoms with Gasteiger partial charge in [-0.15, -0.1) is 0 Å². The fraction of sp³-hybridized carbons (Fsp3) is 0.600. The van der Waals surface area contributed by atoms with Crippen LogP contribution in [0.1, 0.15) is 45.6 Å². The number of unbranched alkanes of at least 4 members (excludes halogenated alkanes) is 2. The van der Waals surface area contributed by atoms with E-state index in [1.165, 1.54) is 30.5 Å². The summed E-state index contributed by atoms with van der Waals surface area (Å²) >= 11 is 9.70. The van der Waals surface area contributed by atoms with Crippen LogP contribution in [0.2, 0.25) is 5.02 Å². The van der Waals surface area contributed by atoms with E-state index >= 15 is 0 Å². The molecular formula is C15H23BrClN. The molecule has 1 aromatic rings. The first-order valence-corrected chi connectivity index (χ1v) is 8.21. The number of rotatable bonds is 7. The zero-order chi connectivity index (χ0) is 13.5. The molecule has 0 amide bonds. The Morgan fingerprint density at radius 1 is 1.28 bits per heavy atom. The predicted octanol–water partition coefficient (Wildman–Crippen LogP) is 5.64. The van der Waals surface area contributed by atoms with Crippen LogP contribution in [0.25, 0.3) is 0 Å². The first-order valence-electron chi connectivity index (χ1n) is 6.71. The van der Waals surface area contributed by atoms with Crippen LogP contribution in [0.4, 0.5) is 5.69 Å². The average molecular weight is 333 g/mol. The van der Waals surface area contributed by atoms with E-state index in [1.807, 2.05) is 6.07 Å². The number of nitrogens with zero attached hydrogens (tertiary/aromatic N) is 1. The number of alkyl halides is 1. The summed E-state index contributed by atoms with van der Waals surface area (Å²) in [6.07, 6.45) is 3.78. The fourth-order valence-corrected chi connectivity index (χ4v) is 2.75. The van der Waals surface area contributed by atoms with Crippen LogP contribution in [0.5, 0.6) is 0 Å². The van der Waals surface area contributed by atoms with E-state index in [2.05, 4.69) is 53.7 Å². The van der Waals surface area contributed by atoms with Gasteiger partial charge in [-0.25, -0.2) is 0 Å². The van der Waals surface area contributed by atoms with Gasteiger partial charge in [0.25, 0.3) is 0 Å². The highest BCUT2D eigenvalue weighted by atomic mass is 79.9. The lowest BCUT2D eigenvalue weighted by Gasteiger charge is -2.31. The van der Waals surface area contributed by atoms with Crippen LogP contribution in [-0.4, -0.2) is 12.6 Å². The van der Waals surface area contributed by atoms with E-state index < -0.39 is 0 Å². The Bertz CT molecular complexity index is 366. The van der Waals surface area contributed by atoms with E-state index in [0.717, 1.165) is 16.9 Å². The molecule has 0 aliphatic rings. The molecule has 1 nitrogen and oxygen atoms in total. The molecule has 0 fully saturated rings. The SMILES string of the molecule is CCCCCN(c1cc(Cl)ccc1CBr)C(C)C. The Morgan fingerprint density at radius 2 is 2.00 bits per heavy atom. The summed E-state index contributed by atoms with van der Waals surface area (Å²) in [4.78, 5) is 2.46. The van der Waals surface area contributed by atoms with Crippen molar-refractivity contribution in [1.82, 2.24) is 0 Å². The number of halogens is 2. The van der Waals surface area contributed by atoms with Crippen LogP contribution in [0.15, 0.2) is 18.2 Å². The molecule has 0 atom stereocenters. The summed E-state index contributed by atoms with van der Waals surface area (Å²) < 4.78 is 0. The third kappa shape index (κ3) is 4.47. The van der Waals surface area contributed by atoms with E-state index in [0.29, 0.717) is 6.04 Å². The summed E-state index contributed by atoms with van der Waals surface area (Å²) in [6, 6.07) is 6.66. The van der Waals surface area contributed by atoms with Gasteiger partial charge >= 0.3 is 0 Å². The highest BCUT2D eigenvalue weighted by molar-refractivity contribution is 9.08. The second-order valence-corrected chi connectivity index (χ2v) is 5.90. The van der Waals surface area contributed by atoms with E-state index in [1.54, 1.807) is 0 Å².